The summed E-state index contributed by atoms with van der Waals surface area (Å²) in [6.07, 6.45) is 5.25. The van der Waals surface area contributed by atoms with Crippen LogP contribution in [0.15, 0.2) is 17.6 Å². The summed E-state index contributed by atoms with van der Waals surface area (Å²) in [6.45, 7) is 3.68. The minimum absolute atomic E-state index is 0.178. The number of imidazole rings is 1. The Hall–Kier alpha value is -1.66. The topological polar surface area (TPSA) is 95.7 Å². The van der Waals surface area contributed by atoms with Crippen molar-refractivity contribution in [2.24, 2.45) is 13.0 Å². The van der Waals surface area contributed by atoms with Gasteiger partial charge in [0.25, 0.3) is 10.0 Å². The van der Waals surface area contributed by atoms with Crippen LogP contribution in [-0.4, -0.2) is 76.1 Å². The normalized spacial score (nSPS) is 22.7. The van der Waals surface area contributed by atoms with E-state index in [-0.39, 0.29) is 10.6 Å². The second kappa shape index (κ2) is 8.46. The first kappa shape index (κ1) is 23.0. The molecule has 1 aliphatic carbocycles. The van der Waals surface area contributed by atoms with Gasteiger partial charge in [0.2, 0.25) is 0 Å². The molecule has 1 aromatic rings. The molecular weight excluding hydrogens is 425 g/mol. The predicted molar refractivity (Wildman–Crippen MR) is 101 cm³/mol. The maximum Gasteiger partial charge on any atom is 0.490 e. The summed E-state index contributed by atoms with van der Waals surface area (Å²) in [5, 5.41) is 7.30. The average Bonchev–Trinajstić information content (AvgIpc) is 3.25. The standard InChI is InChI=1S/C16H26N4O2S.C2HF3O2/c1-18-12-15(17-13-18)23(21,22)20-9-6-16(7-10-20)5-2-8-19(16)11-14-3-4-14;3-2(4,5)1(6)7/h12-14H,2-11H2,1H3;(H,6,7). The number of carboxylic acid groups (broad SMARTS) is 1. The fourth-order valence-corrected chi connectivity index (χ4v) is 5.66. The predicted octanol–water partition coefficient (Wildman–Crippen LogP) is 2.08. The van der Waals surface area contributed by atoms with Gasteiger partial charge in [0.1, 0.15) is 0 Å². The lowest BCUT2D eigenvalue weighted by atomic mass is 9.85. The van der Waals surface area contributed by atoms with Gasteiger partial charge in [-0.3, -0.25) is 4.90 Å². The number of aryl methyl sites for hydroxylation is 1. The molecule has 1 saturated carbocycles. The van der Waals surface area contributed by atoms with Gasteiger partial charge in [0.15, 0.2) is 5.03 Å². The molecule has 12 heteroatoms. The Morgan fingerprint density at radius 3 is 2.30 bits per heavy atom. The number of rotatable bonds is 4. The summed E-state index contributed by atoms with van der Waals surface area (Å²) >= 11 is 0. The first-order chi connectivity index (χ1) is 13.9. The van der Waals surface area contributed by atoms with Crippen molar-refractivity contribution in [2.75, 3.05) is 26.2 Å². The van der Waals surface area contributed by atoms with E-state index in [2.05, 4.69) is 9.88 Å². The van der Waals surface area contributed by atoms with E-state index in [0.29, 0.717) is 13.1 Å². The van der Waals surface area contributed by atoms with Gasteiger partial charge in [0.05, 0.1) is 6.33 Å². The maximum absolute atomic E-state index is 12.7. The van der Waals surface area contributed by atoms with E-state index in [9.17, 15) is 21.6 Å². The molecule has 3 fully saturated rings. The second-order valence-corrected chi connectivity index (χ2v) is 10.2. The molecule has 2 aliphatic heterocycles. The third-order valence-corrected chi connectivity index (χ3v) is 7.88. The number of likely N-dealkylation sites (tertiary alicyclic amines) is 1. The number of sulfonamides is 1. The zero-order chi connectivity index (χ0) is 22.2. The van der Waals surface area contributed by atoms with E-state index in [0.717, 1.165) is 18.8 Å². The van der Waals surface area contributed by atoms with E-state index in [1.54, 1.807) is 28.4 Å². The lowest BCUT2D eigenvalue weighted by Crippen LogP contribution is -2.53. The zero-order valence-electron chi connectivity index (χ0n) is 16.8. The van der Waals surface area contributed by atoms with Crippen LogP contribution in [0.1, 0.15) is 38.5 Å². The van der Waals surface area contributed by atoms with Crippen molar-refractivity contribution >= 4 is 16.0 Å². The molecule has 2 saturated heterocycles. The van der Waals surface area contributed by atoms with Crippen LogP contribution in [0, 0.1) is 5.92 Å². The minimum Gasteiger partial charge on any atom is -0.475 e. The number of hydrogen-bond acceptors (Lipinski definition) is 5. The van der Waals surface area contributed by atoms with Crippen LogP contribution < -0.4 is 0 Å². The van der Waals surface area contributed by atoms with E-state index in [1.807, 2.05) is 0 Å². The molecule has 0 aromatic carbocycles. The number of aliphatic carboxylic acids is 1. The summed E-state index contributed by atoms with van der Waals surface area (Å²) in [6, 6.07) is 0. The minimum atomic E-state index is -5.08. The van der Waals surface area contributed by atoms with Gasteiger partial charge in [-0.25, -0.2) is 18.2 Å². The molecule has 4 rings (SSSR count). The molecular formula is C18H27F3N4O4S. The van der Waals surface area contributed by atoms with Crippen LogP contribution in [0.5, 0.6) is 0 Å². The molecule has 0 atom stereocenters. The Balaban J connectivity index is 0.000000318. The molecule has 0 radical (unpaired) electrons. The fraction of sp³-hybridized carbons (Fsp3) is 0.778. The second-order valence-electron chi connectivity index (χ2n) is 8.30. The summed E-state index contributed by atoms with van der Waals surface area (Å²) in [7, 11) is -1.64. The van der Waals surface area contributed by atoms with Crippen molar-refractivity contribution in [3.8, 4) is 0 Å². The Morgan fingerprint density at radius 2 is 1.83 bits per heavy atom. The zero-order valence-corrected chi connectivity index (χ0v) is 17.6. The van der Waals surface area contributed by atoms with Gasteiger partial charge >= 0.3 is 12.1 Å². The first-order valence-electron chi connectivity index (χ1n) is 9.97. The van der Waals surface area contributed by atoms with Crippen LogP contribution in [0.4, 0.5) is 13.2 Å². The van der Waals surface area contributed by atoms with Crippen molar-refractivity contribution in [1.82, 2.24) is 18.8 Å². The van der Waals surface area contributed by atoms with Crippen molar-refractivity contribution in [3.63, 3.8) is 0 Å². The quantitative estimate of drug-likeness (QED) is 0.752. The lowest BCUT2D eigenvalue weighted by Gasteiger charge is -2.44. The van der Waals surface area contributed by atoms with Crippen LogP contribution in [0.25, 0.3) is 0 Å². The highest BCUT2D eigenvalue weighted by molar-refractivity contribution is 7.89. The van der Waals surface area contributed by atoms with Crippen molar-refractivity contribution in [2.45, 2.75) is 55.3 Å². The van der Waals surface area contributed by atoms with Gasteiger partial charge in [-0.2, -0.15) is 17.5 Å². The molecule has 0 bridgehead atoms. The molecule has 1 aromatic heterocycles. The van der Waals surface area contributed by atoms with Crippen LogP contribution in [-0.2, 0) is 21.9 Å². The molecule has 1 spiro atoms. The Bertz CT molecular complexity index is 859. The van der Waals surface area contributed by atoms with E-state index >= 15 is 0 Å². The Kier molecular flexibility index (Phi) is 6.49. The van der Waals surface area contributed by atoms with Crippen LogP contribution >= 0.6 is 0 Å². The van der Waals surface area contributed by atoms with Gasteiger partial charge in [-0.05, 0) is 51.0 Å². The molecule has 1 N–H and O–H groups in total. The van der Waals surface area contributed by atoms with Crippen molar-refractivity contribution in [3.05, 3.63) is 12.5 Å². The van der Waals surface area contributed by atoms with Crippen LogP contribution in [0.2, 0.25) is 0 Å². The van der Waals surface area contributed by atoms with Crippen molar-refractivity contribution in [1.29, 1.82) is 0 Å². The van der Waals surface area contributed by atoms with E-state index in [1.165, 1.54) is 38.8 Å². The van der Waals surface area contributed by atoms with Gasteiger partial charge in [-0.15, -0.1) is 0 Å². The number of aromatic nitrogens is 2. The van der Waals surface area contributed by atoms with E-state index in [4.69, 9.17) is 9.90 Å². The Morgan fingerprint density at radius 1 is 1.23 bits per heavy atom. The van der Waals surface area contributed by atoms with Gasteiger partial charge < -0.3 is 9.67 Å². The summed E-state index contributed by atoms with van der Waals surface area (Å²) in [5.41, 5.74) is 0.263. The SMILES string of the molecule is Cn1cnc(S(=O)(=O)N2CCC3(CCCN3CC3CC3)CC2)c1.O=C(O)C(F)(F)F. The molecule has 8 nitrogen and oxygen atoms in total. The number of carboxylic acids is 1. The smallest absolute Gasteiger partial charge is 0.475 e. The number of halogens is 3. The fourth-order valence-electron chi connectivity index (χ4n) is 4.25. The summed E-state index contributed by atoms with van der Waals surface area (Å²) in [5.74, 6) is -1.85. The van der Waals surface area contributed by atoms with E-state index < -0.39 is 22.2 Å². The number of hydrogen-bond donors (Lipinski definition) is 1. The number of piperidine rings is 1. The third-order valence-electron chi connectivity index (χ3n) is 6.10. The lowest BCUT2D eigenvalue weighted by molar-refractivity contribution is -0.192. The number of carbonyl (C=O) groups is 1. The summed E-state index contributed by atoms with van der Waals surface area (Å²) < 4.78 is 60.5. The van der Waals surface area contributed by atoms with Gasteiger partial charge in [-0.1, -0.05) is 0 Å². The average molecular weight is 452 g/mol. The highest BCUT2D eigenvalue weighted by Crippen LogP contribution is 2.42. The highest BCUT2D eigenvalue weighted by Gasteiger charge is 2.46. The molecule has 0 amide bonds. The Labute approximate surface area is 173 Å². The van der Waals surface area contributed by atoms with Crippen molar-refractivity contribution < 1.29 is 31.5 Å². The molecule has 30 heavy (non-hydrogen) atoms. The highest BCUT2D eigenvalue weighted by atomic mass is 32.2. The number of nitrogens with zero attached hydrogens (tertiary/aromatic N) is 4. The third kappa shape index (κ3) is 5.14. The maximum atomic E-state index is 12.7. The molecule has 3 heterocycles. The van der Waals surface area contributed by atoms with Crippen LogP contribution in [0.3, 0.4) is 0 Å². The largest absolute Gasteiger partial charge is 0.490 e. The summed E-state index contributed by atoms with van der Waals surface area (Å²) in [4.78, 5) is 15.6. The monoisotopic (exact) mass is 452 g/mol. The van der Waals surface area contributed by atoms with Gasteiger partial charge in [0, 0.05) is 38.4 Å². The first-order valence-corrected chi connectivity index (χ1v) is 11.4. The molecule has 3 aliphatic rings. The molecule has 0 unspecified atom stereocenters. The number of alkyl halides is 3. The molecule has 170 valence electrons.